The molecule has 19 heavy (non-hydrogen) atoms. The van der Waals surface area contributed by atoms with Crippen molar-refractivity contribution in [3.8, 4) is 0 Å². The van der Waals surface area contributed by atoms with Crippen molar-refractivity contribution in [2.24, 2.45) is 11.7 Å². The van der Waals surface area contributed by atoms with E-state index in [4.69, 9.17) is 5.73 Å². The van der Waals surface area contributed by atoms with E-state index >= 15 is 0 Å². The van der Waals surface area contributed by atoms with Crippen LogP contribution in [-0.2, 0) is 4.79 Å². The van der Waals surface area contributed by atoms with Crippen LogP contribution in [0.15, 0.2) is 0 Å². The average Bonchev–Trinajstić information content (AvgIpc) is 2.39. The van der Waals surface area contributed by atoms with E-state index < -0.39 is 5.54 Å². The van der Waals surface area contributed by atoms with E-state index in [0.29, 0.717) is 0 Å². The number of nitrogens with two attached hydrogens (primary N) is 1. The second-order valence-electron chi connectivity index (χ2n) is 5.67. The van der Waals surface area contributed by atoms with E-state index in [1.54, 1.807) is 0 Å². The van der Waals surface area contributed by atoms with Gasteiger partial charge in [-0.15, -0.1) is 0 Å². The van der Waals surface area contributed by atoms with Crippen molar-refractivity contribution in [3.05, 3.63) is 0 Å². The average molecular weight is 289 g/mol. The van der Waals surface area contributed by atoms with Gasteiger partial charge in [0, 0.05) is 0 Å². The van der Waals surface area contributed by atoms with E-state index in [1.807, 2.05) is 18.7 Å². The molecule has 0 aliphatic heterocycles. The Morgan fingerprint density at radius 2 is 2.05 bits per heavy atom. The fourth-order valence-corrected chi connectivity index (χ4v) is 3.00. The summed E-state index contributed by atoms with van der Waals surface area (Å²) in [7, 11) is 0. The van der Waals surface area contributed by atoms with Gasteiger partial charge in [-0.25, -0.2) is 0 Å². The van der Waals surface area contributed by atoms with E-state index in [1.165, 1.54) is 17.9 Å². The molecule has 0 aliphatic carbocycles. The first-order valence-corrected chi connectivity index (χ1v) is 8.74. The SMILES string of the molecule is CCCNC(C)(CCCCSCC(C)CC)C(N)=O. The predicted octanol–water partition coefficient (Wildman–Crippen LogP) is 3.18. The molecule has 3 N–H and O–H groups in total. The Bertz CT molecular complexity index is 248. The Morgan fingerprint density at radius 1 is 1.37 bits per heavy atom. The van der Waals surface area contributed by atoms with Crippen LogP contribution in [0.5, 0.6) is 0 Å². The highest BCUT2D eigenvalue weighted by atomic mass is 32.2. The summed E-state index contributed by atoms with van der Waals surface area (Å²) in [6, 6.07) is 0. The Hall–Kier alpha value is -0.220. The Kier molecular flexibility index (Phi) is 10.4. The number of nitrogens with one attached hydrogen (secondary N) is 1. The predicted molar refractivity (Wildman–Crippen MR) is 86.5 cm³/mol. The summed E-state index contributed by atoms with van der Waals surface area (Å²) in [5.74, 6) is 3.02. The van der Waals surface area contributed by atoms with E-state index in [9.17, 15) is 4.79 Å². The molecule has 0 bridgehead atoms. The maximum absolute atomic E-state index is 11.5. The summed E-state index contributed by atoms with van der Waals surface area (Å²) in [6.45, 7) is 9.41. The molecule has 0 fully saturated rings. The first-order valence-electron chi connectivity index (χ1n) is 7.59. The number of hydrogen-bond donors (Lipinski definition) is 2. The van der Waals surface area contributed by atoms with E-state index in [0.717, 1.165) is 38.1 Å². The summed E-state index contributed by atoms with van der Waals surface area (Å²) in [5, 5.41) is 3.28. The van der Waals surface area contributed by atoms with E-state index in [2.05, 4.69) is 26.1 Å². The number of hydrogen-bond acceptors (Lipinski definition) is 3. The molecule has 0 aromatic carbocycles. The van der Waals surface area contributed by atoms with Crippen molar-refractivity contribution in [2.75, 3.05) is 18.1 Å². The van der Waals surface area contributed by atoms with Gasteiger partial charge in [0.1, 0.15) is 0 Å². The smallest absolute Gasteiger partial charge is 0.237 e. The number of rotatable bonds is 12. The lowest BCUT2D eigenvalue weighted by Crippen LogP contribution is -2.53. The molecular weight excluding hydrogens is 256 g/mol. The summed E-state index contributed by atoms with van der Waals surface area (Å²) in [4.78, 5) is 11.5. The quantitative estimate of drug-likeness (QED) is 0.542. The van der Waals surface area contributed by atoms with Gasteiger partial charge in [0.15, 0.2) is 0 Å². The fourth-order valence-electron chi connectivity index (χ4n) is 1.78. The van der Waals surface area contributed by atoms with Crippen molar-refractivity contribution in [1.82, 2.24) is 5.32 Å². The van der Waals surface area contributed by atoms with Gasteiger partial charge in [0.05, 0.1) is 5.54 Å². The van der Waals surface area contributed by atoms with Crippen molar-refractivity contribution < 1.29 is 4.79 Å². The molecule has 0 spiro atoms. The molecule has 0 rings (SSSR count). The van der Waals surface area contributed by atoms with Crippen molar-refractivity contribution in [1.29, 1.82) is 0 Å². The van der Waals surface area contributed by atoms with Gasteiger partial charge >= 0.3 is 0 Å². The molecule has 0 aliphatic rings. The zero-order valence-corrected chi connectivity index (χ0v) is 13.9. The minimum absolute atomic E-state index is 0.229. The third-order valence-electron chi connectivity index (χ3n) is 3.62. The van der Waals surface area contributed by atoms with Gasteiger partial charge < -0.3 is 11.1 Å². The number of carbonyl (C=O) groups is 1. The first-order chi connectivity index (χ1) is 8.96. The zero-order chi connectivity index (χ0) is 14.7. The van der Waals surface area contributed by atoms with Crippen molar-refractivity contribution >= 4 is 17.7 Å². The molecule has 0 aromatic heterocycles. The highest BCUT2D eigenvalue weighted by molar-refractivity contribution is 7.99. The molecule has 0 saturated heterocycles. The topological polar surface area (TPSA) is 55.1 Å². The molecule has 2 unspecified atom stereocenters. The summed E-state index contributed by atoms with van der Waals surface area (Å²) < 4.78 is 0. The molecule has 3 nitrogen and oxygen atoms in total. The number of carbonyl (C=O) groups excluding carboxylic acids is 1. The molecule has 0 heterocycles. The highest BCUT2D eigenvalue weighted by Gasteiger charge is 2.29. The molecule has 4 heteroatoms. The van der Waals surface area contributed by atoms with Crippen LogP contribution in [0.1, 0.15) is 59.8 Å². The van der Waals surface area contributed by atoms with Crippen LogP contribution >= 0.6 is 11.8 Å². The molecule has 114 valence electrons. The van der Waals surface area contributed by atoms with Gasteiger partial charge in [-0.05, 0) is 50.2 Å². The van der Waals surface area contributed by atoms with Crippen molar-refractivity contribution in [3.63, 3.8) is 0 Å². The number of thioether (sulfide) groups is 1. The van der Waals surface area contributed by atoms with Crippen LogP contribution in [0.2, 0.25) is 0 Å². The normalized spacial score (nSPS) is 16.0. The van der Waals surface area contributed by atoms with Crippen LogP contribution in [0, 0.1) is 5.92 Å². The standard InChI is InChI=1S/C15H32N2OS/c1-5-10-17-15(4,14(16)18)9-7-8-11-19-12-13(3)6-2/h13,17H,5-12H2,1-4H3,(H2,16,18). The Balaban J connectivity index is 3.79. The van der Waals surface area contributed by atoms with Gasteiger partial charge in [-0.2, -0.15) is 11.8 Å². The lowest BCUT2D eigenvalue weighted by atomic mass is 9.94. The number of primary amides is 1. The molecule has 0 radical (unpaired) electrons. The van der Waals surface area contributed by atoms with Crippen LogP contribution in [0.3, 0.4) is 0 Å². The monoisotopic (exact) mass is 288 g/mol. The third kappa shape index (κ3) is 8.53. The maximum atomic E-state index is 11.5. The summed E-state index contributed by atoms with van der Waals surface area (Å²) >= 11 is 2.03. The molecule has 1 amide bonds. The lowest BCUT2D eigenvalue weighted by Gasteiger charge is -2.27. The number of unbranched alkanes of at least 4 members (excludes halogenated alkanes) is 1. The Labute approximate surface area is 123 Å². The first kappa shape index (κ1) is 18.8. The van der Waals surface area contributed by atoms with E-state index in [-0.39, 0.29) is 5.91 Å². The summed E-state index contributed by atoms with van der Waals surface area (Å²) in [5.41, 5.74) is 4.97. The lowest BCUT2D eigenvalue weighted by molar-refractivity contribution is -0.124. The minimum Gasteiger partial charge on any atom is -0.368 e. The second-order valence-corrected chi connectivity index (χ2v) is 6.82. The molecular formula is C15H32N2OS. The molecule has 2 atom stereocenters. The molecule has 0 aromatic rings. The zero-order valence-electron chi connectivity index (χ0n) is 13.1. The largest absolute Gasteiger partial charge is 0.368 e. The fraction of sp³-hybridized carbons (Fsp3) is 0.933. The summed E-state index contributed by atoms with van der Waals surface area (Å²) in [6.07, 6.45) is 5.34. The second kappa shape index (κ2) is 10.6. The maximum Gasteiger partial charge on any atom is 0.237 e. The highest BCUT2D eigenvalue weighted by Crippen LogP contribution is 2.17. The van der Waals surface area contributed by atoms with Gasteiger partial charge in [0.25, 0.3) is 0 Å². The third-order valence-corrected chi connectivity index (χ3v) is 5.01. The van der Waals surface area contributed by atoms with Gasteiger partial charge in [-0.3, -0.25) is 4.79 Å². The molecule has 0 saturated carbocycles. The van der Waals surface area contributed by atoms with Crippen LogP contribution in [0.4, 0.5) is 0 Å². The van der Waals surface area contributed by atoms with Crippen molar-refractivity contribution in [2.45, 2.75) is 65.3 Å². The van der Waals surface area contributed by atoms with Crippen LogP contribution in [0.25, 0.3) is 0 Å². The Morgan fingerprint density at radius 3 is 2.58 bits per heavy atom. The minimum atomic E-state index is -0.530. The van der Waals surface area contributed by atoms with Crippen LogP contribution in [-0.4, -0.2) is 29.5 Å². The van der Waals surface area contributed by atoms with Crippen LogP contribution < -0.4 is 11.1 Å². The number of amides is 1. The van der Waals surface area contributed by atoms with Gasteiger partial charge in [0.2, 0.25) is 5.91 Å². The van der Waals surface area contributed by atoms with Gasteiger partial charge in [-0.1, -0.05) is 33.6 Å².